The molecule has 2 aromatic carbocycles. The highest BCUT2D eigenvalue weighted by molar-refractivity contribution is 5.79. The Labute approximate surface area is 146 Å². The van der Waals surface area contributed by atoms with Gasteiger partial charge in [-0.3, -0.25) is 4.79 Å². The predicted octanol–water partition coefficient (Wildman–Crippen LogP) is 3.32. The number of carbonyl (C=O) groups excluding carboxylic acids is 1. The summed E-state index contributed by atoms with van der Waals surface area (Å²) in [5, 5.41) is 3.04. The second-order valence-corrected chi connectivity index (χ2v) is 6.11. The van der Waals surface area contributed by atoms with E-state index in [1.165, 1.54) is 12.1 Å². The van der Waals surface area contributed by atoms with Gasteiger partial charge in [-0.15, -0.1) is 0 Å². The van der Waals surface area contributed by atoms with Crippen LogP contribution in [0.3, 0.4) is 0 Å². The fraction of sp³-hybridized carbons (Fsp3) is 0.200. The molecule has 128 valence electrons. The third-order valence-corrected chi connectivity index (χ3v) is 4.11. The number of nitrogens with one attached hydrogen (secondary N) is 1. The molecule has 0 aliphatic rings. The summed E-state index contributed by atoms with van der Waals surface area (Å²) < 4.78 is 14.9. The predicted molar refractivity (Wildman–Crippen MR) is 94.5 cm³/mol. The number of hydrogen-bond acceptors (Lipinski definition) is 2. The number of amides is 1. The third-order valence-electron chi connectivity index (χ3n) is 4.11. The first-order valence-corrected chi connectivity index (χ1v) is 8.10. The van der Waals surface area contributed by atoms with E-state index in [0.717, 1.165) is 22.5 Å². The van der Waals surface area contributed by atoms with Crippen molar-refractivity contribution in [2.24, 2.45) is 7.05 Å². The SMILES string of the molecule is Cc1ccc(C(NC(=O)Cc2ccc(F)cc2)c2nccn2C)cc1. The van der Waals surface area contributed by atoms with Crippen LogP contribution < -0.4 is 5.32 Å². The summed E-state index contributed by atoms with van der Waals surface area (Å²) >= 11 is 0. The normalized spacial score (nSPS) is 12.0. The van der Waals surface area contributed by atoms with Crippen LogP contribution in [0, 0.1) is 12.7 Å². The van der Waals surface area contributed by atoms with Gasteiger partial charge < -0.3 is 9.88 Å². The Bertz CT molecular complexity index is 853. The number of halogens is 1. The van der Waals surface area contributed by atoms with E-state index in [1.807, 2.05) is 49.0 Å². The van der Waals surface area contributed by atoms with Crippen LogP contribution in [0.25, 0.3) is 0 Å². The number of aryl methyl sites for hydroxylation is 2. The lowest BCUT2D eigenvalue weighted by atomic mass is 10.0. The molecule has 0 fully saturated rings. The number of carbonyl (C=O) groups is 1. The van der Waals surface area contributed by atoms with Crippen LogP contribution in [0.5, 0.6) is 0 Å². The van der Waals surface area contributed by atoms with E-state index in [-0.39, 0.29) is 24.2 Å². The molecule has 5 heteroatoms. The summed E-state index contributed by atoms with van der Waals surface area (Å²) in [6.45, 7) is 2.02. The van der Waals surface area contributed by atoms with E-state index < -0.39 is 0 Å². The summed E-state index contributed by atoms with van der Waals surface area (Å²) in [6.07, 6.45) is 3.75. The molecular weight excluding hydrogens is 317 g/mol. The third kappa shape index (κ3) is 4.12. The molecule has 1 atom stereocenters. The quantitative estimate of drug-likeness (QED) is 0.776. The van der Waals surface area contributed by atoms with Gasteiger partial charge in [0.25, 0.3) is 0 Å². The van der Waals surface area contributed by atoms with E-state index in [9.17, 15) is 9.18 Å². The first-order valence-electron chi connectivity index (χ1n) is 8.10. The average Bonchev–Trinajstić information content (AvgIpc) is 3.01. The van der Waals surface area contributed by atoms with Crippen molar-refractivity contribution in [3.63, 3.8) is 0 Å². The maximum atomic E-state index is 13.0. The maximum absolute atomic E-state index is 13.0. The molecule has 3 aromatic rings. The van der Waals surface area contributed by atoms with Gasteiger partial charge in [0.2, 0.25) is 5.91 Å². The smallest absolute Gasteiger partial charge is 0.225 e. The lowest BCUT2D eigenvalue weighted by Crippen LogP contribution is -2.32. The van der Waals surface area contributed by atoms with Crippen LogP contribution in [0.1, 0.15) is 28.6 Å². The summed E-state index contributed by atoms with van der Waals surface area (Å²) in [4.78, 5) is 16.9. The molecule has 0 saturated heterocycles. The largest absolute Gasteiger partial charge is 0.342 e. The maximum Gasteiger partial charge on any atom is 0.225 e. The van der Waals surface area contributed by atoms with E-state index in [0.29, 0.717) is 0 Å². The Balaban J connectivity index is 1.82. The van der Waals surface area contributed by atoms with Gasteiger partial charge in [0.05, 0.1) is 6.42 Å². The van der Waals surface area contributed by atoms with Crippen LogP contribution in [0.4, 0.5) is 4.39 Å². The zero-order valence-electron chi connectivity index (χ0n) is 14.2. The van der Waals surface area contributed by atoms with Crippen molar-refractivity contribution in [1.29, 1.82) is 0 Å². The van der Waals surface area contributed by atoms with Gasteiger partial charge in [0, 0.05) is 19.4 Å². The molecule has 0 saturated carbocycles. The zero-order valence-corrected chi connectivity index (χ0v) is 14.2. The molecule has 0 radical (unpaired) electrons. The van der Waals surface area contributed by atoms with Gasteiger partial charge in [0.15, 0.2) is 0 Å². The van der Waals surface area contributed by atoms with Crippen LogP contribution in [0.2, 0.25) is 0 Å². The molecule has 0 spiro atoms. The topological polar surface area (TPSA) is 46.9 Å². The Hall–Kier alpha value is -2.95. The molecule has 0 bridgehead atoms. The van der Waals surface area contributed by atoms with Gasteiger partial charge in [-0.2, -0.15) is 0 Å². The van der Waals surface area contributed by atoms with Crippen molar-refractivity contribution in [3.8, 4) is 0 Å². The minimum absolute atomic E-state index is 0.139. The zero-order chi connectivity index (χ0) is 17.8. The Morgan fingerprint density at radius 3 is 2.44 bits per heavy atom. The second-order valence-electron chi connectivity index (χ2n) is 6.11. The van der Waals surface area contributed by atoms with Gasteiger partial charge in [0.1, 0.15) is 17.7 Å². The lowest BCUT2D eigenvalue weighted by Gasteiger charge is -2.19. The molecule has 1 amide bonds. The monoisotopic (exact) mass is 337 g/mol. The fourth-order valence-electron chi connectivity index (χ4n) is 2.71. The standard InChI is InChI=1S/C20H20FN3O/c1-14-3-7-16(8-4-14)19(20-22-11-12-24(20)2)23-18(25)13-15-5-9-17(21)10-6-15/h3-12,19H,13H2,1-2H3,(H,23,25). The number of rotatable bonds is 5. The fourth-order valence-corrected chi connectivity index (χ4v) is 2.71. The van der Waals surface area contributed by atoms with E-state index in [1.54, 1.807) is 18.3 Å². The minimum atomic E-state index is -0.339. The van der Waals surface area contributed by atoms with Crippen LogP contribution >= 0.6 is 0 Å². The van der Waals surface area contributed by atoms with Gasteiger partial charge in [-0.25, -0.2) is 9.37 Å². The number of imidazole rings is 1. The molecule has 0 aliphatic heterocycles. The summed E-state index contributed by atoms with van der Waals surface area (Å²) in [7, 11) is 1.90. The number of nitrogens with zero attached hydrogens (tertiary/aromatic N) is 2. The van der Waals surface area contributed by atoms with Gasteiger partial charge in [-0.1, -0.05) is 42.0 Å². The van der Waals surface area contributed by atoms with Gasteiger partial charge >= 0.3 is 0 Å². The van der Waals surface area contributed by atoms with E-state index in [4.69, 9.17) is 0 Å². The van der Waals surface area contributed by atoms with Crippen molar-refractivity contribution >= 4 is 5.91 Å². The Morgan fingerprint density at radius 2 is 1.84 bits per heavy atom. The van der Waals surface area contributed by atoms with Crippen molar-refractivity contribution in [2.45, 2.75) is 19.4 Å². The van der Waals surface area contributed by atoms with E-state index >= 15 is 0 Å². The molecule has 3 rings (SSSR count). The van der Waals surface area contributed by atoms with E-state index in [2.05, 4.69) is 10.3 Å². The minimum Gasteiger partial charge on any atom is -0.342 e. The Morgan fingerprint density at radius 1 is 1.16 bits per heavy atom. The summed E-state index contributed by atoms with van der Waals surface area (Å²) in [6, 6.07) is 13.6. The number of aromatic nitrogens is 2. The summed E-state index contributed by atoms with van der Waals surface area (Å²) in [5.74, 6) is 0.311. The first kappa shape index (κ1) is 16.9. The van der Waals surface area contributed by atoms with Crippen molar-refractivity contribution in [2.75, 3.05) is 0 Å². The molecule has 25 heavy (non-hydrogen) atoms. The van der Waals surface area contributed by atoms with Gasteiger partial charge in [-0.05, 0) is 30.2 Å². The highest BCUT2D eigenvalue weighted by Gasteiger charge is 2.20. The molecule has 0 aliphatic carbocycles. The van der Waals surface area contributed by atoms with Crippen molar-refractivity contribution in [1.82, 2.24) is 14.9 Å². The molecule has 1 aromatic heterocycles. The highest BCUT2D eigenvalue weighted by atomic mass is 19.1. The summed E-state index contributed by atoms with van der Waals surface area (Å²) in [5.41, 5.74) is 2.88. The molecule has 1 unspecified atom stereocenters. The number of benzene rings is 2. The Kier molecular flexibility index (Phi) is 4.93. The molecule has 1 heterocycles. The van der Waals surface area contributed by atoms with Crippen molar-refractivity contribution < 1.29 is 9.18 Å². The van der Waals surface area contributed by atoms with Crippen LogP contribution in [-0.2, 0) is 18.3 Å². The lowest BCUT2D eigenvalue weighted by molar-refractivity contribution is -0.121. The molecule has 4 nitrogen and oxygen atoms in total. The van der Waals surface area contributed by atoms with Crippen molar-refractivity contribution in [3.05, 3.63) is 89.3 Å². The number of hydrogen-bond donors (Lipinski definition) is 1. The first-order chi connectivity index (χ1) is 12.0. The second kappa shape index (κ2) is 7.30. The molecular formula is C20H20FN3O. The van der Waals surface area contributed by atoms with Crippen LogP contribution in [0.15, 0.2) is 60.9 Å². The highest BCUT2D eigenvalue weighted by Crippen LogP contribution is 2.21. The molecule has 1 N–H and O–H groups in total. The van der Waals surface area contributed by atoms with Crippen LogP contribution in [-0.4, -0.2) is 15.5 Å². The average molecular weight is 337 g/mol.